The van der Waals surface area contributed by atoms with E-state index in [0.717, 1.165) is 11.3 Å². The molecule has 7 heteroatoms. The molecule has 0 atom stereocenters. The van der Waals surface area contributed by atoms with Gasteiger partial charge in [-0.05, 0) is 34.5 Å². The van der Waals surface area contributed by atoms with Crippen molar-refractivity contribution in [3.8, 4) is 5.75 Å². The van der Waals surface area contributed by atoms with Crippen LogP contribution in [0.15, 0.2) is 22.9 Å². The number of aryl methyl sites for hydroxylation is 1. The number of ether oxygens (including phenoxy) is 1. The normalized spacial score (nSPS) is 10.4. The van der Waals surface area contributed by atoms with Crippen LogP contribution in [0.3, 0.4) is 0 Å². The van der Waals surface area contributed by atoms with E-state index in [4.69, 9.17) is 27.9 Å². The summed E-state index contributed by atoms with van der Waals surface area (Å²) in [6.07, 6.45) is 1.38. The Morgan fingerprint density at radius 2 is 2.00 bits per heavy atom. The van der Waals surface area contributed by atoms with E-state index >= 15 is 0 Å². The minimum absolute atomic E-state index is 0.335. The van der Waals surface area contributed by atoms with Gasteiger partial charge in [-0.2, -0.15) is 0 Å². The van der Waals surface area contributed by atoms with Crippen LogP contribution in [0, 0.1) is 6.92 Å². The third-order valence-corrected chi connectivity index (χ3v) is 4.15. The molecular formula is C12H10BrCl2N3O. The van der Waals surface area contributed by atoms with Gasteiger partial charge in [0.25, 0.3) is 0 Å². The average molecular weight is 363 g/mol. The molecule has 0 aliphatic rings. The fourth-order valence-electron chi connectivity index (χ4n) is 1.49. The van der Waals surface area contributed by atoms with Crippen LogP contribution in [0.2, 0.25) is 10.2 Å². The topological polar surface area (TPSA) is 47.0 Å². The van der Waals surface area contributed by atoms with Gasteiger partial charge in [-0.15, -0.1) is 0 Å². The van der Waals surface area contributed by atoms with Gasteiger partial charge in [-0.1, -0.05) is 23.2 Å². The molecule has 1 aromatic carbocycles. The summed E-state index contributed by atoms with van der Waals surface area (Å²) >= 11 is 15.3. The molecule has 0 aliphatic carbocycles. The van der Waals surface area contributed by atoms with E-state index in [1.165, 1.54) is 6.33 Å². The predicted octanol–water partition coefficient (Wildman–Crippen LogP) is 4.61. The van der Waals surface area contributed by atoms with Crippen LogP contribution in [0.1, 0.15) is 5.56 Å². The lowest BCUT2D eigenvalue weighted by molar-refractivity contribution is 0.416. The van der Waals surface area contributed by atoms with Crippen molar-refractivity contribution in [2.45, 2.75) is 6.92 Å². The number of halogens is 3. The Labute approximate surface area is 129 Å². The van der Waals surface area contributed by atoms with Crippen molar-refractivity contribution >= 4 is 50.6 Å². The minimum Gasteiger partial charge on any atom is -0.495 e. The van der Waals surface area contributed by atoms with E-state index in [1.807, 2.05) is 13.0 Å². The summed E-state index contributed by atoms with van der Waals surface area (Å²) in [5.74, 6) is 1.18. The Kier molecular flexibility index (Phi) is 4.50. The van der Waals surface area contributed by atoms with Crippen molar-refractivity contribution in [2.75, 3.05) is 12.4 Å². The molecule has 0 bridgehead atoms. The molecule has 0 saturated carbocycles. The van der Waals surface area contributed by atoms with Gasteiger partial charge in [-0.25, -0.2) is 9.97 Å². The summed E-state index contributed by atoms with van der Waals surface area (Å²) in [6, 6.07) is 3.62. The molecule has 0 radical (unpaired) electrons. The molecule has 2 rings (SSSR count). The van der Waals surface area contributed by atoms with Gasteiger partial charge in [0.15, 0.2) is 0 Å². The Morgan fingerprint density at radius 1 is 1.26 bits per heavy atom. The first-order chi connectivity index (χ1) is 9.02. The maximum Gasteiger partial charge on any atom is 0.149 e. The van der Waals surface area contributed by atoms with Crippen LogP contribution >= 0.6 is 39.1 Å². The lowest BCUT2D eigenvalue weighted by Crippen LogP contribution is -1.99. The molecule has 4 nitrogen and oxygen atoms in total. The summed E-state index contributed by atoms with van der Waals surface area (Å²) in [4.78, 5) is 7.99. The Hall–Kier alpha value is -1.04. The van der Waals surface area contributed by atoms with Crippen molar-refractivity contribution in [1.29, 1.82) is 0 Å². The number of aromatic nitrogens is 2. The summed E-state index contributed by atoms with van der Waals surface area (Å²) in [5.41, 5.74) is 1.68. The first kappa shape index (κ1) is 14.4. The summed E-state index contributed by atoms with van der Waals surface area (Å²) in [6.45, 7) is 1.91. The van der Waals surface area contributed by atoms with Crippen LogP contribution in [0.5, 0.6) is 5.75 Å². The number of rotatable bonds is 3. The Bertz CT molecular complexity index is 622. The second-order valence-corrected chi connectivity index (χ2v) is 5.31. The molecule has 1 N–H and O–H groups in total. The van der Waals surface area contributed by atoms with Gasteiger partial charge in [0.2, 0.25) is 0 Å². The van der Waals surface area contributed by atoms with E-state index in [1.54, 1.807) is 13.2 Å². The number of nitrogens with one attached hydrogen (secondary N) is 1. The summed E-state index contributed by atoms with van der Waals surface area (Å²) < 4.78 is 5.87. The molecule has 0 spiro atoms. The van der Waals surface area contributed by atoms with Crippen LogP contribution in [0.25, 0.3) is 0 Å². The van der Waals surface area contributed by atoms with E-state index in [-0.39, 0.29) is 0 Å². The number of methoxy groups -OCH3 is 1. The van der Waals surface area contributed by atoms with Crippen LogP contribution < -0.4 is 10.1 Å². The smallest absolute Gasteiger partial charge is 0.149 e. The van der Waals surface area contributed by atoms with E-state index < -0.39 is 0 Å². The zero-order valence-electron chi connectivity index (χ0n) is 10.2. The van der Waals surface area contributed by atoms with Gasteiger partial charge in [0.1, 0.15) is 23.0 Å². The molecule has 1 aromatic heterocycles. The van der Waals surface area contributed by atoms with Crippen molar-refractivity contribution in [1.82, 2.24) is 9.97 Å². The second kappa shape index (κ2) is 5.94. The first-order valence-corrected chi connectivity index (χ1v) is 6.85. The fourth-order valence-corrected chi connectivity index (χ4v) is 2.08. The zero-order chi connectivity index (χ0) is 14.0. The standard InChI is InChI=1S/C12H10BrCl2N3O/c1-6-3-8(9(19-2)4-7(6)14)18-12-10(13)11(15)16-5-17-12/h3-5H,1-2H3,(H,16,17,18). The molecule has 0 aliphatic heterocycles. The number of nitrogens with zero attached hydrogens (tertiary/aromatic N) is 2. The maximum absolute atomic E-state index is 6.06. The largest absolute Gasteiger partial charge is 0.495 e. The van der Waals surface area contributed by atoms with Crippen molar-refractivity contribution < 1.29 is 4.74 Å². The first-order valence-electron chi connectivity index (χ1n) is 5.30. The van der Waals surface area contributed by atoms with E-state index in [0.29, 0.717) is 26.2 Å². The van der Waals surface area contributed by atoms with Crippen molar-refractivity contribution in [2.24, 2.45) is 0 Å². The summed E-state index contributed by atoms with van der Waals surface area (Å²) in [7, 11) is 1.58. The molecule has 2 aromatic rings. The Balaban J connectivity index is 2.43. The predicted molar refractivity (Wildman–Crippen MR) is 80.8 cm³/mol. The minimum atomic E-state index is 0.335. The molecule has 0 amide bonds. The maximum atomic E-state index is 6.06. The van der Waals surface area contributed by atoms with Crippen LogP contribution in [0.4, 0.5) is 11.5 Å². The molecule has 0 saturated heterocycles. The molecular weight excluding hydrogens is 353 g/mol. The SMILES string of the molecule is COc1cc(Cl)c(C)cc1Nc1ncnc(Cl)c1Br. The number of anilines is 2. The van der Waals surface area contributed by atoms with Crippen molar-refractivity contribution in [3.63, 3.8) is 0 Å². The quantitative estimate of drug-likeness (QED) is 0.810. The molecule has 0 fully saturated rings. The van der Waals surface area contributed by atoms with Crippen LogP contribution in [-0.4, -0.2) is 17.1 Å². The monoisotopic (exact) mass is 361 g/mol. The van der Waals surface area contributed by atoms with E-state index in [9.17, 15) is 0 Å². The van der Waals surface area contributed by atoms with Crippen molar-refractivity contribution in [3.05, 3.63) is 38.7 Å². The lowest BCUT2D eigenvalue weighted by atomic mass is 10.2. The van der Waals surface area contributed by atoms with Gasteiger partial charge in [-0.3, -0.25) is 0 Å². The number of hydrogen-bond donors (Lipinski definition) is 1. The van der Waals surface area contributed by atoms with Crippen LogP contribution in [-0.2, 0) is 0 Å². The second-order valence-electron chi connectivity index (χ2n) is 3.75. The highest BCUT2D eigenvalue weighted by Gasteiger charge is 2.11. The van der Waals surface area contributed by atoms with Gasteiger partial charge < -0.3 is 10.1 Å². The van der Waals surface area contributed by atoms with Gasteiger partial charge >= 0.3 is 0 Å². The molecule has 100 valence electrons. The zero-order valence-corrected chi connectivity index (χ0v) is 13.3. The van der Waals surface area contributed by atoms with E-state index in [2.05, 4.69) is 31.2 Å². The summed E-state index contributed by atoms with van der Waals surface area (Å²) in [5, 5.41) is 4.11. The average Bonchev–Trinajstić information content (AvgIpc) is 2.39. The highest BCUT2D eigenvalue weighted by molar-refractivity contribution is 9.10. The fraction of sp³-hybridized carbons (Fsp3) is 0.167. The number of benzene rings is 1. The third kappa shape index (κ3) is 3.11. The highest BCUT2D eigenvalue weighted by atomic mass is 79.9. The third-order valence-electron chi connectivity index (χ3n) is 2.48. The molecule has 0 unspecified atom stereocenters. The van der Waals surface area contributed by atoms with Gasteiger partial charge in [0.05, 0.1) is 17.3 Å². The van der Waals surface area contributed by atoms with Gasteiger partial charge in [0, 0.05) is 11.1 Å². The highest BCUT2D eigenvalue weighted by Crippen LogP contribution is 2.35. The molecule has 1 heterocycles. The number of hydrogen-bond acceptors (Lipinski definition) is 4. The molecule has 19 heavy (non-hydrogen) atoms. The lowest BCUT2D eigenvalue weighted by Gasteiger charge is -2.13. The Morgan fingerprint density at radius 3 is 2.68 bits per heavy atom.